The maximum atomic E-state index is 12.7. The lowest BCUT2D eigenvalue weighted by molar-refractivity contribution is -0.122. The lowest BCUT2D eigenvalue weighted by Crippen LogP contribution is -2.28. The molecule has 154 valence electrons. The Hall–Kier alpha value is -4.07. The van der Waals surface area contributed by atoms with Crippen molar-refractivity contribution >= 4 is 28.8 Å². The summed E-state index contributed by atoms with van der Waals surface area (Å²) < 4.78 is 1.61. The van der Waals surface area contributed by atoms with E-state index in [-0.39, 0.29) is 24.2 Å². The van der Waals surface area contributed by atoms with Gasteiger partial charge >= 0.3 is 0 Å². The summed E-state index contributed by atoms with van der Waals surface area (Å²) in [5.74, 6) is -0.569. The number of nitrogens with one attached hydrogen (secondary N) is 1. The van der Waals surface area contributed by atoms with Crippen molar-refractivity contribution in [2.45, 2.75) is 13.3 Å². The van der Waals surface area contributed by atoms with Crippen LogP contribution in [0.4, 0.5) is 11.4 Å². The van der Waals surface area contributed by atoms with Gasteiger partial charge in [-0.2, -0.15) is 9.61 Å². The molecule has 0 spiro atoms. The molecular weight excluding hydrogens is 392 g/mol. The van der Waals surface area contributed by atoms with Crippen LogP contribution in [0.25, 0.3) is 16.9 Å². The average Bonchev–Trinajstić information content (AvgIpc) is 3.41. The zero-order chi connectivity index (χ0) is 21.4. The molecule has 0 radical (unpaired) electrons. The Labute approximate surface area is 178 Å². The van der Waals surface area contributed by atoms with Gasteiger partial charge in [0.15, 0.2) is 5.65 Å². The highest BCUT2D eigenvalue weighted by Gasteiger charge is 2.35. The summed E-state index contributed by atoms with van der Waals surface area (Å²) >= 11 is 0. The molecule has 31 heavy (non-hydrogen) atoms. The van der Waals surface area contributed by atoms with Gasteiger partial charge in [0.1, 0.15) is 6.33 Å². The molecule has 2 amide bonds. The molecule has 8 heteroatoms. The van der Waals surface area contributed by atoms with Crippen molar-refractivity contribution in [1.82, 2.24) is 19.8 Å². The zero-order valence-electron chi connectivity index (χ0n) is 16.9. The Morgan fingerprint density at radius 2 is 1.81 bits per heavy atom. The molecule has 1 N–H and O–H groups in total. The Morgan fingerprint density at radius 1 is 1.03 bits per heavy atom. The summed E-state index contributed by atoms with van der Waals surface area (Å²) in [7, 11) is 0. The minimum Gasteiger partial charge on any atom is -0.326 e. The molecule has 2 aromatic carbocycles. The molecule has 0 bridgehead atoms. The largest absolute Gasteiger partial charge is 0.326 e. The predicted octanol–water partition coefficient (Wildman–Crippen LogP) is 3.09. The number of hydrogen-bond donors (Lipinski definition) is 1. The third-order valence-corrected chi connectivity index (χ3v) is 5.45. The molecular formula is C23H20N6O2. The third kappa shape index (κ3) is 3.75. The van der Waals surface area contributed by atoms with Crippen molar-refractivity contribution in [3.63, 3.8) is 0 Å². The van der Waals surface area contributed by atoms with E-state index in [1.807, 2.05) is 67.6 Å². The van der Waals surface area contributed by atoms with E-state index in [1.54, 1.807) is 15.7 Å². The molecule has 4 aromatic rings. The first kappa shape index (κ1) is 18.9. The summed E-state index contributed by atoms with van der Waals surface area (Å²) in [5.41, 5.74) is 5.01. The lowest BCUT2D eigenvalue weighted by Gasteiger charge is -2.17. The molecule has 2 aromatic heterocycles. The van der Waals surface area contributed by atoms with E-state index in [1.165, 1.54) is 0 Å². The number of amides is 2. The SMILES string of the molecule is Cc1ccc(N2CC(C(=O)Nc3ccc(-c4ccc5nncn5n4)cc3)CC2=O)cc1. The van der Waals surface area contributed by atoms with Crippen LogP contribution in [-0.2, 0) is 9.59 Å². The van der Waals surface area contributed by atoms with E-state index < -0.39 is 0 Å². The maximum absolute atomic E-state index is 12.7. The van der Waals surface area contributed by atoms with Gasteiger partial charge in [0.25, 0.3) is 0 Å². The highest BCUT2D eigenvalue weighted by Crippen LogP contribution is 2.27. The van der Waals surface area contributed by atoms with Gasteiger partial charge in [-0.05, 0) is 43.3 Å². The Kier molecular flexibility index (Phi) is 4.66. The van der Waals surface area contributed by atoms with Crippen LogP contribution < -0.4 is 10.2 Å². The molecule has 1 atom stereocenters. The number of carbonyl (C=O) groups excluding carboxylic acids is 2. The number of benzene rings is 2. The molecule has 0 saturated carbocycles. The van der Waals surface area contributed by atoms with E-state index >= 15 is 0 Å². The van der Waals surface area contributed by atoms with Crippen molar-refractivity contribution in [3.05, 3.63) is 72.6 Å². The minimum absolute atomic E-state index is 0.0326. The third-order valence-electron chi connectivity index (χ3n) is 5.45. The van der Waals surface area contributed by atoms with E-state index in [4.69, 9.17) is 0 Å². The number of anilines is 2. The number of fused-ring (bicyclic) bond motifs is 1. The van der Waals surface area contributed by atoms with Gasteiger partial charge < -0.3 is 10.2 Å². The Bertz CT molecular complexity index is 1260. The van der Waals surface area contributed by atoms with Crippen LogP contribution >= 0.6 is 0 Å². The second-order valence-corrected chi connectivity index (χ2v) is 7.66. The monoisotopic (exact) mass is 412 g/mol. The standard InChI is InChI=1S/C23H20N6O2/c1-15-2-8-19(9-3-15)28-13-17(12-22(28)30)23(31)25-18-6-4-16(5-7-18)20-10-11-21-26-24-14-29(21)27-20/h2-11,14,17H,12-13H2,1H3,(H,25,31). The van der Waals surface area contributed by atoms with E-state index in [2.05, 4.69) is 20.6 Å². The second kappa shape index (κ2) is 7.64. The molecule has 0 aliphatic carbocycles. The molecule has 1 saturated heterocycles. The Balaban J connectivity index is 1.26. The van der Waals surface area contributed by atoms with Gasteiger partial charge in [-0.25, -0.2) is 0 Å². The molecule has 1 aliphatic rings. The van der Waals surface area contributed by atoms with Crippen LogP contribution in [0, 0.1) is 12.8 Å². The first-order valence-corrected chi connectivity index (χ1v) is 10.0. The minimum atomic E-state index is -0.383. The number of nitrogens with zero attached hydrogens (tertiary/aromatic N) is 5. The highest BCUT2D eigenvalue weighted by atomic mass is 16.2. The summed E-state index contributed by atoms with van der Waals surface area (Å²) in [6, 6.07) is 18.9. The fourth-order valence-corrected chi connectivity index (χ4v) is 3.71. The molecule has 8 nitrogen and oxygen atoms in total. The fraction of sp³-hybridized carbons (Fsp3) is 0.174. The van der Waals surface area contributed by atoms with Crippen molar-refractivity contribution in [3.8, 4) is 11.3 Å². The number of carbonyl (C=O) groups is 2. The summed E-state index contributed by atoms with van der Waals surface area (Å²) in [6.07, 6.45) is 1.76. The average molecular weight is 412 g/mol. The van der Waals surface area contributed by atoms with Gasteiger partial charge in [-0.1, -0.05) is 29.8 Å². The maximum Gasteiger partial charge on any atom is 0.229 e. The lowest BCUT2D eigenvalue weighted by atomic mass is 10.1. The number of rotatable bonds is 4. The smallest absolute Gasteiger partial charge is 0.229 e. The molecule has 1 aliphatic heterocycles. The summed E-state index contributed by atoms with van der Waals surface area (Å²) in [5, 5.41) is 15.2. The molecule has 1 unspecified atom stereocenters. The van der Waals surface area contributed by atoms with Crippen molar-refractivity contribution < 1.29 is 9.59 Å². The van der Waals surface area contributed by atoms with Crippen LogP contribution in [0.2, 0.25) is 0 Å². The molecule has 3 heterocycles. The van der Waals surface area contributed by atoms with Crippen LogP contribution in [0.15, 0.2) is 67.0 Å². The topological polar surface area (TPSA) is 92.5 Å². The van der Waals surface area contributed by atoms with Crippen LogP contribution in [0.3, 0.4) is 0 Å². The van der Waals surface area contributed by atoms with Gasteiger partial charge in [0.05, 0.1) is 11.6 Å². The second-order valence-electron chi connectivity index (χ2n) is 7.66. The van der Waals surface area contributed by atoms with Crippen LogP contribution in [-0.4, -0.2) is 38.2 Å². The normalized spacial score (nSPS) is 16.1. The van der Waals surface area contributed by atoms with E-state index in [9.17, 15) is 9.59 Å². The molecule has 1 fully saturated rings. The first-order valence-electron chi connectivity index (χ1n) is 10.0. The van der Waals surface area contributed by atoms with Gasteiger partial charge in [-0.15, -0.1) is 10.2 Å². The van der Waals surface area contributed by atoms with Crippen LogP contribution in [0.5, 0.6) is 0 Å². The number of hydrogen-bond acceptors (Lipinski definition) is 5. The van der Waals surface area contributed by atoms with E-state index in [0.717, 1.165) is 22.5 Å². The van der Waals surface area contributed by atoms with Gasteiger partial charge in [-0.3, -0.25) is 9.59 Å². The first-order chi connectivity index (χ1) is 15.1. The fourth-order valence-electron chi connectivity index (χ4n) is 3.71. The van der Waals surface area contributed by atoms with Crippen molar-refractivity contribution in [2.24, 2.45) is 5.92 Å². The molecule has 5 rings (SSSR count). The van der Waals surface area contributed by atoms with Gasteiger partial charge in [0, 0.05) is 29.9 Å². The highest BCUT2D eigenvalue weighted by molar-refractivity contribution is 6.03. The number of aryl methyl sites for hydroxylation is 1. The van der Waals surface area contributed by atoms with Gasteiger partial charge in [0.2, 0.25) is 11.8 Å². The zero-order valence-corrected chi connectivity index (χ0v) is 16.9. The van der Waals surface area contributed by atoms with Crippen LogP contribution in [0.1, 0.15) is 12.0 Å². The quantitative estimate of drug-likeness (QED) is 0.556. The number of aromatic nitrogens is 4. The van der Waals surface area contributed by atoms with E-state index in [0.29, 0.717) is 17.9 Å². The Morgan fingerprint density at radius 3 is 2.58 bits per heavy atom. The van der Waals surface area contributed by atoms with Crippen molar-refractivity contribution in [2.75, 3.05) is 16.8 Å². The van der Waals surface area contributed by atoms with Crippen molar-refractivity contribution in [1.29, 1.82) is 0 Å². The summed E-state index contributed by atoms with van der Waals surface area (Å²) in [6.45, 7) is 2.38. The summed E-state index contributed by atoms with van der Waals surface area (Å²) in [4.78, 5) is 26.9. The predicted molar refractivity (Wildman–Crippen MR) is 116 cm³/mol.